The van der Waals surface area contributed by atoms with Crippen LogP contribution >= 0.6 is 0 Å². The zero-order valence-electron chi connectivity index (χ0n) is 22.1. The molecule has 0 aliphatic carbocycles. The van der Waals surface area contributed by atoms with E-state index < -0.39 is 25.9 Å². The molecule has 2 aromatic carbocycles. The minimum Gasteiger partial charge on any atom is -0.444 e. The van der Waals surface area contributed by atoms with E-state index >= 15 is 0 Å². The van der Waals surface area contributed by atoms with E-state index in [-0.39, 0.29) is 0 Å². The van der Waals surface area contributed by atoms with E-state index in [2.05, 4.69) is 66.6 Å². The molecule has 0 radical (unpaired) electrons. The van der Waals surface area contributed by atoms with Crippen LogP contribution in [0.5, 0.6) is 0 Å². The smallest absolute Gasteiger partial charge is 0.410 e. The van der Waals surface area contributed by atoms with Gasteiger partial charge in [0.2, 0.25) is 0 Å². The summed E-state index contributed by atoms with van der Waals surface area (Å²) in [7, 11) is 0.188. The first-order valence-corrected chi connectivity index (χ1v) is 15.2. The van der Waals surface area contributed by atoms with Gasteiger partial charge in [0.1, 0.15) is 19.8 Å². The minimum atomic E-state index is -1.51. The average molecular weight is 496 g/mol. The average Bonchev–Trinajstić information content (AvgIpc) is 2.79. The molecule has 184 valence electrons. The largest absolute Gasteiger partial charge is 0.444 e. The quantitative estimate of drug-likeness (QED) is 0.460. The SMILES string of the molecule is CN(Cc1ccccc1C#CC#Cc1ccccc1C(O)C#CC#C[Si](C)(C)C)C(=O)OC(C)(C)C. The van der Waals surface area contributed by atoms with Crippen LogP contribution in [-0.4, -0.2) is 36.8 Å². The molecule has 1 unspecified atom stereocenters. The van der Waals surface area contributed by atoms with Gasteiger partial charge in [0.15, 0.2) is 0 Å². The number of carbonyl (C=O) groups excluding carboxylic acids is 1. The first-order chi connectivity index (χ1) is 16.9. The first kappa shape index (κ1) is 28.4. The van der Waals surface area contributed by atoms with Gasteiger partial charge >= 0.3 is 6.09 Å². The van der Waals surface area contributed by atoms with Crippen molar-refractivity contribution < 1.29 is 14.6 Å². The van der Waals surface area contributed by atoms with Crippen molar-refractivity contribution in [1.29, 1.82) is 0 Å². The molecule has 0 bridgehead atoms. The summed E-state index contributed by atoms with van der Waals surface area (Å²) in [4.78, 5) is 13.8. The summed E-state index contributed by atoms with van der Waals surface area (Å²) in [5, 5.41) is 10.5. The van der Waals surface area contributed by atoms with Crippen LogP contribution in [0.25, 0.3) is 0 Å². The molecule has 0 aliphatic rings. The third-order valence-electron chi connectivity index (χ3n) is 4.55. The van der Waals surface area contributed by atoms with Gasteiger partial charge in [-0.15, -0.1) is 5.54 Å². The lowest BCUT2D eigenvalue weighted by molar-refractivity contribution is 0.0285. The molecule has 0 saturated carbocycles. The van der Waals surface area contributed by atoms with Crippen molar-refractivity contribution >= 4 is 14.2 Å². The summed E-state index contributed by atoms with van der Waals surface area (Å²) in [6, 6.07) is 14.9. The molecule has 4 nitrogen and oxygen atoms in total. The van der Waals surface area contributed by atoms with Gasteiger partial charge in [-0.1, -0.05) is 73.8 Å². The Morgan fingerprint density at radius 3 is 2.17 bits per heavy atom. The molecule has 0 saturated heterocycles. The van der Waals surface area contributed by atoms with Crippen LogP contribution in [0.3, 0.4) is 0 Å². The number of amides is 1. The van der Waals surface area contributed by atoms with Crippen LogP contribution in [0.1, 0.15) is 49.1 Å². The number of hydrogen-bond donors (Lipinski definition) is 1. The molecule has 2 aromatic rings. The number of hydrogen-bond acceptors (Lipinski definition) is 3. The molecule has 1 amide bonds. The number of aliphatic hydroxyl groups excluding tert-OH is 1. The van der Waals surface area contributed by atoms with E-state index in [1.165, 1.54) is 4.90 Å². The van der Waals surface area contributed by atoms with Crippen LogP contribution in [0.2, 0.25) is 19.6 Å². The van der Waals surface area contributed by atoms with Crippen molar-refractivity contribution in [3.8, 4) is 47.0 Å². The summed E-state index contributed by atoms with van der Waals surface area (Å²) in [6.07, 6.45) is -1.38. The summed E-state index contributed by atoms with van der Waals surface area (Å²) < 4.78 is 5.43. The third kappa shape index (κ3) is 10.2. The number of ether oxygens (including phenoxy) is 1. The molecule has 5 heteroatoms. The Labute approximate surface area is 217 Å². The molecule has 0 spiro atoms. The van der Waals surface area contributed by atoms with Crippen LogP contribution in [0, 0.1) is 47.0 Å². The highest BCUT2D eigenvalue weighted by Crippen LogP contribution is 2.17. The number of benzene rings is 2. The zero-order chi connectivity index (χ0) is 26.8. The van der Waals surface area contributed by atoms with Crippen molar-refractivity contribution in [3.63, 3.8) is 0 Å². The summed E-state index contributed by atoms with van der Waals surface area (Å²) >= 11 is 0. The number of aliphatic hydroxyl groups is 1. The lowest BCUT2D eigenvalue weighted by Gasteiger charge is -2.25. The highest BCUT2D eigenvalue weighted by atomic mass is 28.3. The van der Waals surface area contributed by atoms with E-state index in [0.29, 0.717) is 17.7 Å². The van der Waals surface area contributed by atoms with Crippen LogP contribution < -0.4 is 0 Å². The Morgan fingerprint density at radius 2 is 1.53 bits per heavy atom. The molecular formula is C31H33NO3Si. The van der Waals surface area contributed by atoms with Crippen molar-refractivity contribution in [2.75, 3.05) is 7.05 Å². The second-order valence-electron chi connectivity index (χ2n) is 10.3. The highest BCUT2D eigenvalue weighted by molar-refractivity contribution is 6.83. The number of nitrogens with zero attached hydrogens (tertiary/aromatic N) is 1. The van der Waals surface area contributed by atoms with Gasteiger partial charge in [0, 0.05) is 30.3 Å². The normalized spacial score (nSPS) is 11.1. The van der Waals surface area contributed by atoms with E-state index in [9.17, 15) is 9.90 Å². The summed E-state index contributed by atoms with van der Waals surface area (Å²) in [5.41, 5.74) is 5.55. The molecule has 0 aromatic heterocycles. The van der Waals surface area contributed by atoms with Crippen molar-refractivity contribution in [3.05, 3.63) is 70.8 Å². The molecular weight excluding hydrogens is 462 g/mol. The van der Waals surface area contributed by atoms with Gasteiger partial charge in [-0.3, -0.25) is 0 Å². The molecule has 36 heavy (non-hydrogen) atoms. The van der Waals surface area contributed by atoms with Gasteiger partial charge in [-0.05, 0) is 62.1 Å². The second kappa shape index (κ2) is 12.7. The van der Waals surface area contributed by atoms with Gasteiger partial charge in [-0.25, -0.2) is 4.79 Å². The topological polar surface area (TPSA) is 49.8 Å². The fourth-order valence-electron chi connectivity index (χ4n) is 2.89. The van der Waals surface area contributed by atoms with E-state index in [1.807, 2.05) is 63.2 Å². The van der Waals surface area contributed by atoms with E-state index in [0.717, 1.165) is 11.1 Å². The Hall–Kier alpha value is -3.87. The Morgan fingerprint density at radius 1 is 0.944 bits per heavy atom. The van der Waals surface area contributed by atoms with Crippen LogP contribution in [0.4, 0.5) is 4.79 Å². The monoisotopic (exact) mass is 495 g/mol. The summed E-state index contributed by atoms with van der Waals surface area (Å²) in [6.45, 7) is 12.3. The van der Waals surface area contributed by atoms with Crippen LogP contribution in [-0.2, 0) is 11.3 Å². The van der Waals surface area contributed by atoms with Crippen molar-refractivity contribution in [2.45, 2.75) is 58.7 Å². The molecule has 0 fully saturated rings. The fourth-order valence-corrected chi connectivity index (χ4v) is 3.32. The maximum atomic E-state index is 12.3. The molecule has 1 N–H and O–H groups in total. The molecule has 0 aliphatic heterocycles. The maximum absolute atomic E-state index is 12.3. The van der Waals surface area contributed by atoms with Crippen molar-refractivity contribution in [1.82, 2.24) is 4.90 Å². The number of rotatable bonds is 3. The van der Waals surface area contributed by atoms with E-state index in [1.54, 1.807) is 13.1 Å². The van der Waals surface area contributed by atoms with Gasteiger partial charge in [-0.2, -0.15) is 0 Å². The fraction of sp³-hybridized carbons (Fsp3) is 0.323. The highest BCUT2D eigenvalue weighted by Gasteiger charge is 2.20. The van der Waals surface area contributed by atoms with E-state index in [4.69, 9.17) is 4.74 Å². The Kier molecular flexibility index (Phi) is 10.0. The Bertz CT molecular complexity index is 1330. The molecule has 2 rings (SSSR count). The Balaban J connectivity index is 2.20. The number of carbonyl (C=O) groups is 1. The van der Waals surface area contributed by atoms with Crippen LogP contribution in [0.15, 0.2) is 48.5 Å². The zero-order valence-corrected chi connectivity index (χ0v) is 23.1. The standard InChI is InChI=1S/C31H33NO3Si/c1-31(2,3)35-30(34)32(4)24-27-20-11-9-17-25(27)16-8-10-18-26-19-12-13-21-28(26)29(33)22-14-15-23-36(5,6)7/h9,11-13,17,19-21,29,33H,24H2,1-7H3. The third-order valence-corrected chi connectivity index (χ3v) is 5.43. The molecule has 0 heterocycles. The van der Waals surface area contributed by atoms with Gasteiger partial charge in [0.25, 0.3) is 0 Å². The van der Waals surface area contributed by atoms with Gasteiger partial charge in [0.05, 0.1) is 0 Å². The second-order valence-corrected chi connectivity index (χ2v) is 15.0. The lowest BCUT2D eigenvalue weighted by atomic mass is 10.0. The van der Waals surface area contributed by atoms with Crippen molar-refractivity contribution in [2.24, 2.45) is 0 Å². The first-order valence-electron chi connectivity index (χ1n) is 11.7. The van der Waals surface area contributed by atoms with Gasteiger partial charge < -0.3 is 14.7 Å². The predicted octanol–water partition coefficient (Wildman–Crippen LogP) is 5.37. The maximum Gasteiger partial charge on any atom is 0.410 e. The lowest BCUT2D eigenvalue weighted by Crippen LogP contribution is -2.33. The summed E-state index contributed by atoms with van der Waals surface area (Å²) in [5.74, 6) is 20.2. The minimum absolute atomic E-state index is 0.363. The molecule has 1 atom stereocenters. The predicted molar refractivity (Wildman–Crippen MR) is 148 cm³/mol.